The SMILES string of the molecule is CCCC1CN(CC2CCCc3ccccc32)CCCN1. The lowest BCUT2D eigenvalue weighted by molar-refractivity contribution is 0.239. The molecule has 1 aliphatic heterocycles. The Kier molecular flexibility index (Phi) is 5.32. The van der Waals surface area contributed by atoms with Gasteiger partial charge in [0.15, 0.2) is 0 Å². The molecule has 0 radical (unpaired) electrons. The Balaban J connectivity index is 1.65. The van der Waals surface area contributed by atoms with Crippen LogP contribution >= 0.6 is 0 Å². The summed E-state index contributed by atoms with van der Waals surface area (Å²) in [4.78, 5) is 2.73. The van der Waals surface area contributed by atoms with Gasteiger partial charge in [-0.2, -0.15) is 0 Å². The molecule has 3 rings (SSSR count). The summed E-state index contributed by atoms with van der Waals surface area (Å²) in [5.74, 6) is 0.760. The van der Waals surface area contributed by atoms with Crippen molar-refractivity contribution < 1.29 is 0 Å². The highest BCUT2D eigenvalue weighted by atomic mass is 15.2. The van der Waals surface area contributed by atoms with Gasteiger partial charge in [-0.25, -0.2) is 0 Å². The van der Waals surface area contributed by atoms with Crippen molar-refractivity contribution in [2.24, 2.45) is 0 Å². The molecule has 2 atom stereocenters. The highest BCUT2D eigenvalue weighted by Gasteiger charge is 2.24. The number of aryl methyl sites for hydroxylation is 1. The lowest BCUT2D eigenvalue weighted by atomic mass is 9.82. The van der Waals surface area contributed by atoms with E-state index in [1.807, 2.05) is 0 Å². The zero-order valence-electron chi connectivity index (χ0n) is 13.5. The maximum atomic E-state index is 3.73. The van der Waals surface area contributed by atoms with E-state index in [2.05, 4.69) is 41.4 Å². The summed E-state index contributed by atoms with van der Waals surface area (Å²) in [6.45, 7) is 7.27. The van der Waals surface area contributed by atoms with Gasteiger partial charge in [0.1, 0.15) is 0 Å². The Hall–Kier alpha value is -0.860. The first-order chi connectivity index (χ1) is 10.4. The molecule has 0 amide bonds. The zero-order chi connectivity index (χ0) is 14.5. The number of hydrogen-bond acceptors (Lipinski definition) is 2. The Morgan fingerprint density at radius 2 is 2.14 bits per heavy atom. The fraction of sp³-hybridized carbons (Fsp3) is 0.684. The molecule has 2 heteroatoms. The van der Waals surface area contributed by atoms with Gasteiger partial charge in [0.2, 0.25) is 0 Å². The van der Waals surface area contributed by atoms with E-state index in [4.69, 9.17) is 0 Å². The van der Waals surface area contributed by atoms with Gasteiger partial charge in [0.05, 0.1) is 0 Å². The number of benzene rings is 1. The Bertz CT molecular complexity index is 443. The molecule has 1 aliphatic carbocycles. The van der Waals surface area contributed by atoms with Crippen LogP contribution in [0.5, 0.6) is 0 Å². The number of fused-ring (bicyclic) bond motifs is 1. The van der Waals surface area contributed by atoms with E-state index in [0.717, 1.165) is 5.92 Å². The fourth-order valence-electron chi connectivity index (χ4n) is 4.14. The van der Waals surface area contributed by atoms with Gasteiger partial charge in [0.25, 0.3) is 0 Å². The maximum Gasteiger partial charge on any atom is 0.0194 e. The predicted octanol–water partition coefficient (Wildman–Crippen LogP) is 3.57. The molecule has 1 fully saturated rings. The van der Waals surface area contributed by atoms with Gasteiger partial charge in [-0.3, -0.25) is 0 Å². The predicted molar refractivity (Wildman–Crippen MR) is 89.9 cm³/mol. The van der Waals surface area contributed by atoms with Crippen LogP contribution in [0.3, 0.4) is 0 Å². The van der Waals surface area contributed by atoms with Gasteiger partial charge >= 0.3 is 0 Å². The smallest absolute Gasteiger partial charge is 0.0194 e. The molecule has 116 valence electrons. The van der Waals surface area contributed by atoms with Gasteiger partial charge in [-0.15, -0.1) is 0 Å². The van der Waals surface area contributed by atoms with E-state index in [9.17, 15) is 0 Å². The summed E-state index contributed by atoms with van der Waals surface area (Å²) in [5.41, 5.74) is 3.24. The standard InChI is InChI=1S/C19H30N2/c1-2-7-18-15-21(13-6-12-20-18)14-17-10-5-9-16-8-3-4-11-19(16)17/h3-4,8,11,17-18,20H,2,5-7,9-10,12-15H2,1H3. The van der Waals surface area contributed by atoms with E-state index in [-0.39, 0.29) is 0 Å². The van der Waals surface area contributed by atoms with Crippen LogP contribution in [0.25, 0.3) is 0 Å². The van der Waals surface area contributed by atoms with E-state index in [1.54, 1.807) is 11.1 Å². The summed E-state index contributed by atoms with van der Waals surface area (Å²) in [5, 5.41) is 3.73. The molecule has 1 saturated heterocycles. The van der Waals surface area contributed by atoms with Crippen LogP contribution in [-0.2, 0) is 6.42 Å². The Morgan fingerprint density at radius 1 is 1.24 bits per heavy atom. The molecule has 1 N–H and O–H groups in total. The highest BCUT2D eigenvalue weighted by Crippen LogP contribution is 2.32. The summed E-state index contributed by atoms with van der Waals surface area (Å²) >= 11 is 0. The molecule has 2 unspecified atom stereocenters. The summed E-state index contributed by atoms with van der Waals surface area (Å²) in [6, 6.07) is 9.84. The molecular formula is C19H30N2. The van der Waals surface area contributed by atoms with Crippen molar-refractivity contribution in [3.05, 3.63) is 35.4 Å². The first kappa shape index (κ1) is 15.1. The van der Waals surface area contributed by atoms with Gasteiger partial charge in [-0.05, 0) is 62.2 Å². The van der Waals surface area contributed by atoms with Crippen LogP contribution in [0, 0.1) is 0 Å². The molecule has 0 bridgehead atoms. The Labute approximate surface area is 129 Å². The minimum atomic E-state index is 0.705. The van der Waals surface area contributed by atoms with Crippen molar-refractivity contribution in [3.8, 4) is 0 Å². The molecule has 1 aromatic rings. The average Bonchev–Trinajstić information content (AvgIpc) is 2.73. The largest absolute Gasteiger partial charge is 0.313 e. The van der Waals surface area contributed by atoms with E-state index >= 15 is 0 Å². The van der Waals surface area contributed by atoms with Crippen LogP contribution in [0.15, 0.2) is 24.3 Å². The first-order valence-corrected chi connectivity index (χ1v) is 8.90. The average molecular weight is 286 g/mol. The molecule has 0 saturated carbocycles. The second-order valence-electron chi connectivity index (χ2n) is 6.84. The molecule has 0 spiro atoms. The lowest BCUT2D eigenvalue weighted by Crippen LogP contribution is -2.39. The van der Waals surface area contributed by atoms with E-state index in [0.29, 0.717) is 6.04 Å². The quantitative estimate of drug-likeness (QED) is 0.910. The maximum absolute atomic E-state index is 3.73. The van der Waals surface area contributed by atoms with Crippen molar-refractivity contribution in [2.75, 3.05) is 26.2 Å². The third-order valence-corrected chi connectivity index (χ3v) is 5.17. The lowest BCUT2D eigenvalue weighted by Gasteiger charge is -2.32. The summed E-state index contributed by atoms with van der Waals surface area (Å²) in [6.07, 6.45) is 7.93. The van der Waals surface area contributed by atoms with Crippen molar-refractivity contribution in [1.82, 2.24) is 10.2 Å². The third-order valence-electron chi connectivity index (χ3n) is 5.17. The molecular weight excluding hydrogens is 256 g/mol. The monoisotopic (exact) mass is 286 g/mol. The molecule has 2 nitrogen and oxygen atoms in total. The zero-order valence-corrected chi connectivity index (χ0v) is 13.5. The third kappa shape index (κ3) is 3.87. The van der Waals surface area contributed by atoms with Crippen molar-refractivity contribution in [2.45, 2.75) is 57.4 Å². The molecule has 1 heterocycles. The fourth-order valence-corrected chi connectivity index (χ4v) is 4.14. The van der Waals surface area contributed by atoms with Crippen LogP contribution < -0.4 is 5.32 Å². The van der Waals surface area contributed by atoms with Gasteiger partial charge in [0, 0.05) is 19.1 Å². The van der Waals surface area contributed by atoms with Gasteiger partial charge in [-0.1, -0.05) is 37.6 Å². The van der Waals surface area contributed by atoms with Crippen molar-refractivity contribution in [1.29, 1.82) is 0 Å². The molecule has 1 aromatic carbocycles. The van der Waals surface area contributed by atoms with Crippen molar-refractivity contribution >= 4 is 0 Å². The summed E-state index contributed by atoms with van der Waals surface area (Å²) in [7, 11) is 0. The van der Waals surface area contributed by atoms with Crippen LogP contribution in [0.2, 0.25) is 0 Å². The van der Waals surface area contributed by atoms with Crippen molar-refractivity contribution in [3.63, 3.8) is 0 Å². The molecule has 0 aromatic heterocycles. The topological polar surface area (TPSA) is 15.3 Å². The highest BCUT2D eigenvalue weighted by molar-refractivity contribution is 5.32. The van der Waals surface area contributed by atoms with Crippen LogP contribution in [0.4, 0.5) is 0 Å². The minimum absolute atomic E-state index is 0.705. The van der Waals surface area contributed by atoms with Crippen LogP contribution in [-0.4, -0.2) is 37.1 Å². The van der Waals surface area contributed by atoms with Crippen LogP contribution in [0.1, 0.15) is 56.1 Å². The second kappa shape index (κ2) is 7.42. The number of nitrogens with zero attached hydrogens (tertiary/aromatic N) is 1. The number of rotatable bonds is 4. The normalized spacial score (nSPS) is 27.1. The summed E-state index contributed by atoms with van der Waals surface area (Å²) < 4.78 is 0. The number of nitrogens with one attached hydrogen (secondary N) is 1. The Morgan fingerprint density at radius 3 is 3.05 bits per heavy atom. The molecule has 21 heavy (non-hydrogen) atoms. The molecule has 2 aliphatic rings. The second-order valence-corrected chi connectivity index (χ2v) is 6.84. The minimum Gasteiger partial charge on any atom is -0.313 e. The number of hydrogen-bond donors (Lipinski definition) is 1. The van der Waals surface area contributed by atoms with E-state index in [1.165, 1.54) is 64.7 Å². The first-order valence-electron chi connectivity index (χ1n) is 8.90. The van der Waals surface area contributed by atoms with E-state index < -0.39 is 0 Å². The van der Waals surface area contributed by atoms with Gasteiger partial charge < -0.3 is 10.2 Å².